The molecule has 0 atom stereocenters. The van der Waals surface area contributed by atoms with Crippen molar-refractivity contribution in [2.75, 3.05) is 7.11 Å². The quantitative estimate of drug-likeness (QED) is 0.468. The maximum absolute atomic E-state index is 13.3. The Morgan fingerprint density at radius 3 is 2.50 bits per heavy atom. The van der Waals surface area contributed by atoms with Crippen LogP contribution in [0.2, 0.25) is 0 Å². The molecule has 6 nitrogen and oxygen atoms in total. The third-order valence-corrected chi connectivity index (χ3v) is 2.17. The van der Waals surface area contributed by atoms with Crippen molar-refractivity contribution in [1.29, 1.82) is 0 Å². The minimum atomic E-state index is -1.31. The van der Waals surface area contributed by atoms with Gasteiger partial charge >= 0.3 is 11.7 Å². The van der Waals surface area contributed by atoms with E-state index in [4.69, 9.17) is 4.74 Å². The molecule has 98 valence electrons. The Balaban J connectivity index is 2.97. The third-order valence-electron chi connectivity index (χ3n) is 2.17. The first-order valence-corrected chi connectivity index (χ1v) is 4.99. The molecule has 0 bridgehead atoms. The highest BCUT2D eigenvalue weighted by Crippen LogP contribution is 2.25. The maximum atomic E-state index is 13.3. The van der Waals surface area contributed by atoms with E-state index >= 15 is 0 Å². The lowest BCUT2D eigenvalue weighted by atomic mass is 10.1. The number of methoxy groups -OCH3 is 1. The van der Waals surface area contributed by atoms with E-state index in [0.717, 1.165) is 12.1 Å². The minimum absolute atomic E-state index is 0.00787. The molecule has 0 spiro atoms. The van der Waals surface area contributed by atoms with Gasteiger partial charge in [0, 0.05) is 12.1 Å². The van der Waals surface area contributed by atoms with Gasteiger partial charge in [-0.05, 0) is 19.9 Å². The molecule has 18 heavy (non-hydrogen) atoms. The zero-order chi connectivity index (χ0) is 13.9. The van der Waals surface area contributed by atoms with Crippen LogP contribution in [0.15, 0.2) is 18.2 Å². The lowest BCUT2D eigenvalue weighted by Gasteiger charge is -2.23. The summed E-state index contributed by atoms with van der Waals surface area (Å²) >= 11 is 0. The fourth-order valence-corrected chi connectivity index (χ4v) is 1.28. The molecule has 0 aliphatic rings. The van der Waals surface area contributed by atoms with Crippen LogP contribution in [-0.4, -0.2) is 23.6 Å². The van der Waals surface area contributed by atoms with Crippen molar-refractivity contribution in [3.63, 3.8) is 0 Å². The predicted molar refractivity (Wildman–Crippen MR) is 59.8 cm³/mol. The largest absolute Gasteiger partial charge is 0.476 e. The van der Waals surface area contributed by atoms with E-state index < -0.39 is 28.0 Å². The smallest absolute Gasteiger partial charge is 0.349 e. The SMILES string of the molecule is COC(=O)C(C)(C)Oc1ccc([N+](=O)[O-])c(F)c1. The molecule has 0 radical (unpaired) electrons. The van der Waals surface area contributed by atoms with Crippen LogP contribution >= 0.6 is 0 Å². The molecule has 0 saturated carbocycles. The van der Waals surface area contributed by atoms with Crippen LogP contribution in [0.25, 0.3) is 0 Å². The highest BCUT2D eigenvalue weighted by molar-refractivity contribution is 5.78. The molecule has 1 aromatic carbocycles. The highest BCUT2D eigenvalue weighted by atomic mass is 19.1. The van der Waals surface area contributed by atoms with Crippen LogP contribution in [0.4, 0.5) is 10.1 Å². The number of nitro benzene ring substituents is 1. The Kier molecular flexibility index (Phi) is 3.85. The number of rotatable bonds is 4. The topological polar surface area (TPSA) is 78.7 Å². The normalized spacial score (nSPS) is 10.9. The first kappa shape index (κ1) is 13.9. The number of carbonyl (C=O) groups is 1. The van der Waals surface area contributed by atoms with Gasteiger partial charge in [0.25, 0.3) is 0 Å². The van der Waals surface area contributed by atoms with Crippen LogP contribution < -0.4 is 4.74 Å². The van der Waals surface area contributed by atoms with Gasteiger partial charge in [-0.2, -0.15) is 4.39 Å². The van der Waals surface area contributed by atoms with Crippen molar-refractivity contribution < 1.29 is 23.6 Å². The molecule has 0 heterocycles. The monoisotopic (exact) mass is 257 g/mol. The van der Waals surface area contributed by atoms with Crippen molar-refractivity contribution in [1.82, 2.24) is 0 Å². The third kappa shape index (κ3) is 2.93. The Hall–Kier alpha value is -2.18. The average Bonchev–Trinajstić information content (AvgIpc) is 2.26. The highest BCUT2D eigenvalue weighted by Gasteiger charge is 2.31. The molecule has 0 aromatic heterocycles. The Morgan fingerprint density at radius 1 is 1.44 bits per heavy atom. The summed E-state index contributed by atoms with van der Waals surface area (Å²) in [5.74, 6) is -1.66. The van der Waals surface area contributed by atoms with Crippen LogP contribution in [0.3, 0.4) is 0 Å². The van der Waals surface area contributed by atoms with Gasteiger partial charge < -0.3 is 9.47 Å². The predicted octanol–water partition coefficient (Wildman–Crippen LogP) is 2.06. The molecule has 0 aliphatic heterocycles. The number of esters is 1. The minimum Gasteiger partial charge on any atom is -0.476 e. The number of benzene rings is 1. The molecule has 0 saturated heterocycles. The second kappa shape index (κ2) is 4.99. The van der Waals surface area contributed by atoms with Crippen LogP contribution in [-0.2, 0) is 9.53 Å². The van der Waals surface area contributed by atoms with E-state index in [0.29, 0.717) is 0 Å². The fraction of sp³-hybridized carbons (Fsp3) is 0.364. The Labute approximate surface area is 102 Å². The summed E-state index contributed by atoms with van der Waals surface area (Å²) in [7, 11) is 1.20. The summed E-state index contributed by atoms with van der Waals surface area (Å²) in [6.07, 6.45) is 0. The van der Waals surface area contributed by atoms with Gasteiger partial charge in [0.05, 0.1) is 12.0 Å². The summed E-state index contributed by atoms with van der Waals surface area (Å²) in [5.41, 5.74) is -1.96. The molecular weight excluding hydrogens is 245 g/mol. The van der Waals surface area contributed by atoms with Gasteiger partial charge in [0.2, 0.25) is 5.82 Å². The van der Waals surface area contributed by atoms with Crippen molar-refractivity contribution in [2.24, 2.45) is 0 Å². The first-order valence-electron chi connectivity index (χ1n) is 4.99. The first-order chi connectivity index (χ1) is 8.27. The van der Waals surface area contributed by atoms with Crippen LogP contribution in [0.1, 0.15) is 13.8 Å². The fourth-order valence-electron chi connectivity index (χ4n) is 1.28. The number of hydrogen-bond donors (Lipinski definition) is 0. The molecule has 7 heteroatoms. The van der Waals surface area contributed by atoms with E-state index in [9.17, 15) is 19.3 Å². The number of ether oxygens (including phenoxy) is 2. The lowest BCUT2D eigenvalue weighted by molar-refractivity contribution is -0.387. The Bertz CT molecular complexity index is 486. The summed E-state index contributed by atoms with van der Waals surface area (Å²) in [6.45, 7) is 2.89. The summed E-state index contributed by atoms with van der Waals surface area (Å²) in [5, 5.41) is 10.4. The van der Waals surface area contributed by atoms with E-state index in [2.05, 4.69) is 4.74 Å². The average molecular weight is 257 g/mol. The number of nitro groups is 1. The van der Waals surface area contributed by atoms with Gasteiger partial charge in [-0.3, -0.25) is 10.1 Å². The molecule has 0 fully saturated rings. The second-order valence-electron chi connectivity index (χ2n) is 3.97. The standard InChI is InChI=1S/C11H12FNO5/c1-11(2,10(14)17-3)18-7-4-5-9(13(15)16)8(12)6-7/h4-6H,1-3H3. The van der Waals surface area contributed by atoms with E-state index in [-0.39, 0.29) is 5.75 Å². The number of hydrogen-bond acceptors (Lipinski definition) is 5. The second-order valence-corrected chi connectivity index (χ2v) is 3.97. The van der Waals surface area contributed by atoms with E-state index in [1.54, 1.807) is 0 Å². The van der Waals surface area contributed by atoms with Gasteiger partial charge in [-0.1, -0.05) is 0 Å². The van der Waals surface area contributed by atoms with Crippen molar-refractivity contribution >= 4 is 11.7 Å². The molecule has 0 amide bonds. The lowest BCUT2D eigenvalue weighted by Crippen LogP contribution is -2.39. The summed E-state index contributed by atoms with van der Waals surface area (Å²) < 4.78 is 23.1. The van der Waals surface area contributed by atoms with Crippen molar-refractivity contribution in [3.8, 4) is 5.75 Å². The molecule has 0 unspecified atom stereocenters. The molecular formula is C11H12FNO5. The van der Waals surface area contributed by atoms with Crippen molar-refractivity contribution in [2.45, 2.75) is 19.4 Å². The Morgan fingerprint density at radius 2 is 2.06 bits per heavy atom. The summed E-state index contributed by atoms with van der Waals surface area (Å²) in [4.78, 5) is 20.9. The molecule has 0 N–H and O–H groups in total. The van der Waals surface area contributed by atoms with E-state index in [1.165, 1.54) is 27.0 Å². The number of nitrogens with zero attached hydrogens (tertiary/aromatic N) is 1. The van der Waals surface area contributed by atoms with Gasteiger partial charge in [0.15, 0.2) is 5.60 Å². The molecule has 1 rings (SSSR count). The van der Waals surface area contributed by atoms with Crippen LogP contribution in [0, 0.1) is 15.9 Å². The van der Waals surface area contributed by atoms with Crippen molar-refractivity contribution in [3.05, 3.63) is 34.1 Å². The number of carbonyl (C=O) groups excluding carboxylic acids is 1. The maximum Gasteiger partial charge on any atom is 0.349 e. The zero-order valence-corrected chi connectivity index (χ0v) is 10.1. The summed E-state index contributed by atoms with van der Waals surface area (Å²) in [6, 6.07) is 3.03. The van der Waals surface area contributed by atoms with Gasteiger partial charge in [-0.25, -0.2) is 4.79 Å². The van der Waals surface area contributed by atoms with Crippen LogP contribution in [0.5, 0.6) is 5.75 Å². The molecule has 0 aliphatic carbocycles. The number of halogens is 1. The van der Waals surface area contributed by atoms with Gasteiger partial charge in [-0.15, -0.1) is 0 Å². The van der Waals surface area contributed by atoms with E-state index in [1.807, 2.05) is 0 Å². The van der Waals surface area contributed by atoms with Gasteiger partial charge in [0.1, 0.15) is 5.75 Å². The molecule has 1 aromatic rings. The zero-order valence-electron chi connectivity index (χ0n) is 10.1.